The maximum Gasteiger partial charge on any atom is 0.161 e. The van der Waals surface area contributed by atoms with Gasteiger partial charge in [0.1, 0.15) is 6.61 Å². The first-order valence-corrected chi connectivity index (χ1v) is 6.74. The smallest absolute Gasteiger partial charge is 0.161 e. The maximum atomic E-state index is 9.52. The molecule has 114 valence electrons. The molecular formula is C15H24O5. The molecule has 0 saturated heterocycles. The molecule has 0 bridgehead atoms. The minimum atomic E-state index is -0.526. The highest BCUT2D eigenvalue weighted by Gasteiger charge is 2.08. The molecule has 5 heteroatoms. The van der Waals surface area contributed by atoms with Crippen LogP contribution in [0.4, 0.5) is 0 Å². The highest BCUT2D eigenvalue weighted by atomic mass is 16.5. The lowest BCUT2D eigenvalue weighted by molar-refractivity contribution is 0.0799. The van der Waals surface area contributed by atoms with Gasteiger partial charge in [-0.15, -0.1) is 0 Å². The molecule has 0 saturated carbocycles. The van der Waals surface area contributed by atoms with Crippen molar-refractivity contribution in [2.24, 2.45) is 0 Å². The Labute approximate surface area is 120 Å². The van der Waals surface area contributed by atoms with E-state index in [2.05, 4.69) is 0 Å². The summed E-state index contributed by atoms with van der Waals surface area (Å²) in [6.07, 6.45) is 0.352. The van der Waals surface area contributed by atoms with Crippen LogP contribution >= 0.6 is 0 Å². The van der Waals surface area contributed by atoms with E-state index in [9.17, 15) is 5.11 Å². The Balaban J connectivity index is 2.36. The van der Waals surface area contributed by atoms with Gasteiger partial charge in [-0.25, -0.2) is 0 Å². The van der Waals surface area contributed by atoms with Crippen LogP contribution in [-0.4, -0.2) is 45.8 Å². The largest absolute Gasteiger partial charge is 0.493 e. The van der Waals surface area contributed by atoms with E-state index in [0.717, 1.165) is 12.0 Å². The lowest BCUT2D eigenvalue weighted by Crippen LogP contribution is -2.09. The van der Waals surface area contributed by atoms with E-state index in [1.807, 2.05) is 6.07 Å². The van der Waals surface area contributed by atoms with E-state index in [1.165, 1.54) is 0 Å². The first kappa shape index (κ1) is 16.8. The zero-order chi connectivity index (χ0) is 14.8. The third kappa shape index (κ3) is 5.77. The van der Waals surface area contributed by atoms with Gasteiger partial charge in [0.2, 0.25) is 0 Å². The van der Waals surface area contributed by atoms with Gasteiger partial charge in [-0.1, -0.05) is 6.07 Å². The number of rotatable bonds is 10. The van der Waals surface area contributed by atoms with Crippen molar-refractivity contribution in [2.45, 2.75) is 19.4 Å². The summed E-state index contributed by atoms with van der Waals surface area (Å²) in [6.45, 7) is 4.05. The molecule has 1 rings (SSSR count). The Morgan fingerprint density at radius 2 is 1.85 bits per heavy atom. The zero-order valence-corrected chi connectivity index (χ0v) is 12.4. The molecule has 1 atom stereocenters. The summed E-state index contributed by atoms with van der Waals surface area (Å²) < 4.78 is 21.2. The second-order valence-corrected chi connectivity index (χ2v) is 4.39. The maximum absolute atomic E-state index is 9.52. The van der Waals surface area contributed by atoms with Gasteiger partial charge in [0.15, 0.2) is 11.5 Å². The lowest BCUT2D eigenvalue weighted by atomic mass is 10.1. The molecule has 0 fully saturated rings. The number of hydrogen-bond acceptors (Lipinski definition) is 5. The van der Waals surface area contributed by atoms with Crippen LogP contribution in [0.5, 0.6) is 11.5 Å². The molecule has 0 aromatic heterocycles. The molecule has 0 amide bonds. The summed E-state index contributed by atoms with van der Waals surface area (Å²) >= 11 is 0. The second-order valence-electron chi connectivity index (χ2n) is 4.39. The first-order chi connectivity index (χ1) is 9.69. The standard InChI is InChI=1S/C15H24O5/c1-12(16)13-5-6-14(15(11-13)18-3)20-10-9-19-8-4-7-17-2/h5-6,11-12,16H,4,7-10H2,1-3H3/t12-/m1/s1. The molecular weight excluding hydrogens is 260 g/mol. The zero-order valence-electron chi connectivity index (χ0n) is 12.4. The van der Waals surface area contributed by atoms with Crippen molar-refractivity contribution in [3.05, 3.63) is 23.8 Å². The normalized spacial score (nSPS) is 12.2. The fourth-order valence-corrected chi connectivity index (χ4v) is 1.68. The molecule has 1 N–H and O–H groups in total. The van der Waals surface area contributed by atoms with Crippen LogP contribution in [0.1, 0.15) is 25.0 Å². The molecule has 1 aromatic rings. The van der Waals surface area contributed by atoms with Crippen LogP contribution in [0.2, 0.25) is 0 Å². The first-order valence-electron chi connectivity index (χ1n) is 6.74. The van der Waals surface area contributed by atoms with Gasteiger partial charge < -0.3 is 24.1 Å². The number of ether oxygens (including phenoxy) is 4. The minimum absolute atomic E-state index is 0.456. The average Bonchev–Trinajstić information content (AvgIpc) is 2.46. The fourth-order valence-electron chi connectivity index (χ4n) is 1.68. The monoisotopic (exact) mass is 284 g/mol. The summed E-state index contributed by atoms with van der Waals surface area (Å²) in [7, 11) is 3.25. The van der Waals surface area contributed by atoms with E-state index < -0.39 is 6.10 Å². The molecule has 0 aliphatic heterocycles. The summed E-state index contributed by atoms with van der Waals surface area (Å²) in [4.78, 5) is 0. The molecule has 0 aliphatic rings. The lowest BCUT2D eigenvalue weighted by Gasteiger charge is -2.13. The third-order valence-electron chi connectivity index (χ3n) is 2.79. The SMILES string of the molecule is COCCCOCCOc1ccc([C@@H](C)O)cc1OC. The van der Waals surface area contributed by atoms with E-state index in [0.29, 0.717) is 37.9 Å². The highest BCUT2D eigenvalue weighted by molar-refractivity contribution is 5.43. The molecule has 1 aromatic carbocycles. The number of methoxy groups -OCH3 is 2. The number of aliphatic hydroxyl groups excluding tert-OH is 1. The second kappa shape index (κ2) is 9.58. The quantitative estimate of drug-likeness (QED) is 0.667. The van der Waals surface area contributed by atoms with Crippen molar-refractivity contribution in [3.63, 3.8) is 0 Å². The Bertz CT molecular complexity index is 379. The fraction of sp³-hybridized carbons (Fsp3) is 0.600. The molecule has 0 spiro atoms. The number of aliphatic hydroxyl groups is 1. The van der Waals surface area contributed by atoms with Crippen LogP contribution in [0.15, 0.2) is 18.2 Å². The Morgan fingerprint density at radius 3 is 2.50 bits per heavy atom. The van der Waals surface area contributed by atoms with Gasteiger partial charge >= 0.3 is 0 Å². The minimum Gasteiger partial charge on any atom is -0.493 e. The summed E-state index contributed by atoms with van der Waals surface area (Å²) in [6, 6.07) is 5.40. The van der Waals surface area contributed by atoms with Crippen molar-refractivity contribution in [1.82, 2.24) is 0 Å². The van der Waals surface area contributed by atoms with Gasteiger partial charge in [-0.3, -0.25) is 0 Å². The Kier molecular flexibility index (Phi) is 8.02. The van der Waals surface area contributed by atoms with E-state index >= 15 is 0 Å². The molecule has 20 heavy (non-hydrogen) atoms. The van der Waals surface area contributed by atoms with Gasteiger partial charge in [-0.05, 0) is 31.0 Å². The number of benzene rings is 1. The molecule has 0 unspecified atom stereocenters. The molecule has 0 radical (unpaired) electrons. The van der Waals surface area contributed by atoms with Gasteiger partial charge in [0.25, 0.3) is 0 Å². The van der Waals surface area contributed by atoms with Crippen LogP contribution in [-0.2, 0) is 9.47 Å². The summed E-state index contributed by atoms with van der Waals surface area (Å²) in [5, 5.41) is 9.52. The van der Waals surface area contributed by atoms with Crippen LogP contribution < -0.4 is 9.47 Å². The molecule has 0 heterocycles. The van der Waals surface area contributed by atoms with Crippen molar-refractivity contribution in [1.29, 1.82) is 0 Å². The van der Waals surface area contributed by atoms with Crippen LogP contribution in [0.3, 0.4) is 0 Å². The topological polar surface area (TPSA) is 57.2 Å². The molecule has 5 nitrogen and oxygen atoms in total. The van der Waals surface area contributed by atoms with Crippen LogP contribution in [0.25, 0.3) is 0 Å². The summed E-state index contributed by atoms with van der Waals surface area (Å²) in [5.41, 5.74) is 0.796. The van der Waals surface area contributed by atoms with Gasteiger partial charge in [0, 0.05) is 20.3 Å². The Hall–Kier alpha value is -1.30. The number of hydrogen-bond donors (Lipinski definition) is 1. The predicted molar refractivity (Wildman–Crippen MR) is 76.4 cm³/mol. The third-order valence-corrected chi connectivity index (χ3v) is 2.79. The van der Waals surface area contributed by atoms with Gasteiger partial charge in [0.05, 0.1) is 19.8 Å². The van der Waals surface area contributed by atoms with Gasteiger partial charge in [-0.2, -0.15) is 0 Å². The highest BCUT2D eigenvalue weighted by Crippen LogP contribution is 2.30. The average molecular weight is 284 g/mol. The van der Waals surface area contributed by atoms with Crippen molar-refractivity contribution < 1.29 is 24.1 Å². The van der Waals surface area contributed by atoms with Crippen molar-refractivity contribution in [3.8, 4) is 11.5 Å². The Morgan fingerprint density at radius 1 is 1.05 bits per heavy atom. The van der Waals surface area contributed by atoms with E-state index in [-0.39, 0.29) is 0 Å². The van der Waals surface area contributed by atoms with Crippen molar-refractivity contribution >= 4 is 0 Å². The van der Waals surface area contributed by atoms with E-state index in [1.54, 1.807) is 33.3 Å². The van der Waals surface area contributed by atoms with Crippen molar-refractivity contribution in [2.75, 3.05) is 40.6 Å². The van der Waals surface area contributed by atoms with Crippen LogP contribution in [0, 0.1) is 0 Å². The van der Waals surface area contributed by atoms with E-state index in [4.69, 9.17) is 18.9 Å². The predicted octanol–water partition coefficient (Wildman–Crippen LogP) is 2.18. The summed E-state index contributed by atoms with van der Waals surface area (Å²) in [5.74, 6) is 1.26. The molecule has 0 aliphatic carbocycles.